The van der Waals surface area contributed by atoms with E-state index in [4.69, 9.17) is 4.98 Å². The molecule has 0 saturated heterocycles. The average Bonchev–Trinajstić information content (AvgIpc) is 3.65. The molecule has 6 aromatic rings. The first-order chi connectivity index (χ1) is 20.3. The summed E-state index contributed by atoms with van der Waals surface area (Å²) < 4.78 is 4.95. The predicted molar refractivity (Wildman–Crippen MR) is 162 cm³/mol. The number of hydrogen-bond acceptors (Lipinski definition) is 6. The van der Waals surface area contributed by atoms with Crippen molar-refractivity contribution in [3.63, 3.8) is 0 Å². The van der Waals surface area contributed by atoms with Gasteiger partial charge >= 0.3 is 5.69 Å². The molecule has 3 aromatic heterocycles. The summed E-state index contributed by atoms with van der Waals surface area (Å²) in [4.78, 5) is 32.5. The Kier molecular flexibility index (Phi) is 7.12. The Morgan fingerprint density at radius 1 is 0.833 bits per heavy atom. The number of benzene rings is 3. The fourth-order valence-corrected chi connectivity index (χ4v) is 5.50. The van der Waals surface area contributed by atoms with Gasteiger partial charge in [0.05, 0.1) is 6.04 Å². The van der Waals surface area contributed by atoms with E-state index in [0.29, 0.717) is 35.9 Å². The largest absolute Gasteiger partial charge is 0.333 e. The van der Waals surface area contributed by atoms with Crippen LogP contribution in [0.25, 0.3) is 33.7 Å². The van der Waals surface area contributed by atoms with Crippen molar-refractivity contribution in [3.8, 4) is 22.5 Å². The number of rotatable bonds is 8. The number of nitrogens with one attached hydrogen (secondary N) is 1. The van der Waals surface area contributed by atoms with Crippen LogP contribution < -0.4 is 11.2 Å². The van der Waals surface area contributed by atoms with Crippen molar-refractivity contribution in [2.45, 2.75) is 46.8 Å². The Bertz CT molecular complexity index is 1970. The second-order valence-electron chi connectivity index (χ2n) is 11.0. The number of aryl methyl sites for hydroxylation is 1. The molecule has 42 heavy (non-hydrogen) atoms. The number of hydrogen-bond donors (Lipinski definition) is 1. The van der Waals surface area contributed by atoms with Crippen LogP contribution in [0, 0.1) is 12.8 Å². The third-order valence-corrected chi connectivity index (χ3v) is 7.60. The number of H-pyrrole nitrogens is 1. The van der Waals surface area contributed by atoms with Gasteiger partial charge in [-0.3, -0.25) is 13.9 Å². The van der Waals surface area contributed by atoms with Crippen molar-refractivity contribution in [1.29, 1.82) is 0 Å². The molecule has 0 aliphatic rings. The van der Waals surface area contributed by atoms with Crippen LogP contribution in [-0.4, -0.2) is 39.3 Å². The van der Waals surface area contributed by atoms with Crippen LogP contribution in [0.5, 0.6) is 0 Å². The molecule has 3 heterocycles. The Balaban J connectivity index is 1.44. The van der Waals surface area contributed by atoms with Crippen LogP contribution in [0.15, 0.2) is 88.5 Å². The molecule has 0 aliphatic carbocycles. The lowest BCUT2D eigenvalue weighted by atomic mass is 9.98. The van der Waals surface area contributed by atoms with Gasteiger partial charge in [0, 0.05) is 18.7 Å². The molecule has 1 atom stereocenters. The number of aromatic amines is 1. The molecular weight excluding hydrogens is 528 g/mol. The first-order valence-electron chi connectivity index (χ1n) is 14.0. The van der Waals surface area contributed by atoms with Crippen molar-refractivity contribution in [2.75, 3.05) is 0 Å². The van der Waals surface area contributed by atoms with Gasteiger partial charge < -0.3 is 4.57 Å². The van der Waals surface area contributed by atoms with Crippen LogP contribution >= 0.6 is 0 Å². The first-order valence-corrected chi connectivity index (χ1v) is 14.0. The lowest BCUT2D eigenvalue weighted by Crippen LogP contribution is -2.42. The van der Waals surface area contributed by atoms with Gasteiger partial charge in [0.15, 0.2) is 17.0 Å². The molecule has 6 rings (SSSR count). The van der Waals surface area contributed by atoms with Crippen LogP contribution in [0.1, 0.15) is 43.8 Å². The summed E-state index contributed by atoms with van der Waals surface area (Å²) in [5.74, 6) is 1.39. The Morgan fingerprint density at radius 2 is 1.52 bits per heavy atom. The van der Waals surface area contributed by atoms with Crippen LogP contribution in [0.4, 0.5) is 0 Å². The summed E-state index contributed by atoms with van der Waals surface area (Å²) in [5, 5.41) is 14.3. The average molecular weight is 561 g/mol. The summed E-state index contributed by atoms with van der Waals surface area (Å²) in [5.41, 5.74) is 5.09. The second-order valence-corrected chi connectivity index (χ2v) is 11.0. The van der Waals surface area contributed by atoms with Crippen molar-refractivity contribution in [2.24, 2.45) is 5.92 Å². The second kappa shape index (κ2) is 11.0. The van der Waals surface area contributed by atoms with E-state index in [-0.39, 0.29) is 23.2 Å². The van der Waals surface area contributed by atoms with Gasteiger partial charge in [-0.25, -0.2) is 14.9 Å². The van der Waals surface area contributed by atoms with Gasteiger partial charge in [0.25, 0.3) is 5.56 Å². The van der Waals surface area contributed by atoms with Crippen molar-refractivity contribution < 1.29 is 0 Å². The highest BCUT2D eigenvalue weighted by Gasteiger charge is 2.24. The third-order valence-electron chi connectivity index (χ3n) is 7.60. The molecule has 10 nitrogen and oxygen atoms in total. The highest BCUT2D eigenvalue weighted by atomic mass is 16.2. The van der Waals surface area contributed by atoms with E-state index in [1.807, 2.05) is 99.0 Å². The number of nitrogens with zero attached hydrogens (tertiary/aromatic N) is 7. The smallest absolute Gasteiger partial charge is 0.318 e. The van der Waals surface area contributed by atoms with E-state index in [9.17, 15) is 9.59 Å². The standard InChI is InChI=1S/C32H32N8O2/c1-20(2)18-39-31(41)28-30(40(32(39)42)21(3)24-10-6-5-7-11-24)33-22(4)38(28)19-23-14-16-25(17-15-23)26-12-8-9-13-27(26)29-34-36-37-35-29/h5-17,20-21H,18-19H2,1-4H3,(H,34,35,36,37). The van der Waals surface area contributed by atoms with E-state index in [1.165, 1.54) is 4.57 Å². The van der Waals surface area contributed by atoms with Gasteiger partial charge in [0.1, 0.15) is 5.82 Å². The van der Waals surface area contributed by atoms with Crippen molar-refractivity contribution >= 4 is 11.2 Å². The maximum absolute atomic E-state index is 13.9. The van der Waals surface area contributed by atoms with E-state index >= 15 is 0 Å². The molecule has 0 fully saturated rings. The lowest BCUT2D eigenvalue weighted by molar-refractivity contribution is 0.467. The van der Waals surface area contributed by atoms with Crippen molar-refractivity contribution in [1.82, 2.24) is 39.3 Å². The molecule has 0 radical (unpaired) electrons. The molecule has 0 amide bonds. The monoisotopic (exact) mass is 560 g/mol. The van der Waals surface area contributed by atoms with Crippen LogP contribution in [-0.2, 0) is 13.1 Å². The summed E-state index contributed by atoms with van der Waals surface area (Å²) in [7, 11) is 0. The Morgan fingerprint density at radius 3 is 2.19 bits per heavy atom. The van der Waals surface area contributed by atoms with E-state index in [2.05, 4.69) is 32.8 Å². The van der Waals surface area contributed by atoms with Crippen LogP contribution in [0.3, 0.4) is 0 Å². The fourth-order valence-electron chi connectivity index (χ4n) is 5.50. The van der Waals surface area contributed by atoms with Gasteiger partial charge in [-0.15, -0.1) is 5.10 Å². The van der Waals surface area contributed by atoms with Crippen LogP contribution in [0.2, 0.25) is 0 Å². The fraction of sp³-hybridized carbons (Fsp3) is 0.250. The molecular formula is C32H32N8O2. The predicted octanol–water partition coefficient (Wildman–Crippen LogP) is 4.83. The summed E-state index contributed by atoms with van der Waals surface area (Å²) >= 11 is 0. The molecule has 212 valence electrons. The zero-order chi connectivity index (χ0) is 29.4. The van der Waals surface area contributed by atoms with E-state index in [1.54, 1.807) is 4.57 Å². The number of tetrazole rings is 1. The Hall–Kier alpha value is -5.12. The summed E-state index contributed by atoms with van der Waals surface area (Å²) in [6, 6.07) is 25.7. The van der Waals surface area contributed by atoms with Gasteiger partial charge in [0.2, 0.25) is 0 Å². The van der Waals surface area contributed by atoms with E-state index in [0.717, 1.165) is 27.8 Å². The topological polar surface area (TPSA) is 116 Å². The minimum Gasteiger partial charge on any atom is -0.318 e. The zero-order valence-corrected chi connectivity index (χ0v) is 24.0. The number of fused-ring (bicyclic) bond motifs is 1. The highest BCUT2D eigenvalue weighted by Crippen LogP contribution is 2.30. The maximum Gasteiger partial charge on any atom is 0.333 e. The SMILES string of the molecule is Cc1nc2c(c(=O)n(CC(C)C)c(=O)n2C(C)c2ccccc2)n1Cc1ccc(-c2ccccc2-c2nnn[nH]2)cc1. The summed E-state index contributed by atoms with van der Waals surface area (Å²) in [6.45, 7) is 8.62. The minimum atomic E-state index is -0.341. The Labute approximate surface area is 242 Å². The van der Waals surface area contributed by atoms with Gasteiger partial charge in [-0.2, -0.15) is 0 Å². The zero-order valence-electron chi connectivity index (χ0n) is 24.0. The highest BCUT2D eigenvalue weighted by molar-refractivity contribution is 5.80. The third kappa shape index (κ3) is 4.85. The quantitative estimate of drug-likeness (QED) is 0.285. The van der Waals surface area contributed by atoms with Gasteiger partial charge in [-0.05, 0) is 52.4 Å². The number of aromatic nitrogens is 8. The molecule has 0 aliphatic heterocycles. The molecule has 10 heteroatoms. The summed E-state index contributed by atoms with van der Waals surface area (Å²) in [6.07, 6.45) is 0. The molecule has 0 spiro atoms. The van der Waals surface area contributed by atoms with Crippen molar-refractivity contribution in [3.05, 3.63) is 117 Å². The molecule has 3 aromatic carbocycles. The molecule has 0 bridgehead atoms. The number of imidazole rings is 1. The van der Waals surface area contributed by atoms with E-state index < -0.39 is 0 Å². The molecule has 1 N–H and O–H groups in total. The lowest BCUT2D eigenvalue weighted by Gasteiger charge is -2.19. The normalized spacial score (nSPS) is 12.3. The molecule has 1 unspecified atom stereocenters. The first kappa shape index (κ1) is 27.1. The van der Waals surface area contributed by atoms with Gasteiger partial charge in [-0.1, -0.05) is 92.7 Å². The molecule has 0 saturated carbocycles. The minimum absolute atomic E-state index is 0.119. The maximum atomic E-state index is 13.9.